The van der Waals surface area contributed by atoms with Gasteiger partial charge in [-0.15, -0.1) is 0 Å². The predicted octanol–water partition coefficient (Wildman–Crippen LogP) is 5.50. The van der Waals surface area contributed by atoms with E-state index in [2.05, 4.69) is 4.98 Å². The summed E-state index contributed by atoms with van der Waals surface area (Å²) in [6.45, 7) is 2.52. The molecule has 0 atom stereocenters. The molecule has 0 N–H and O–H groups in total. The normalized spacial score (nSPS) is 10.9. The molecule has 0 radical (unpaired) electrons. The van der Waals surface area contributed by atoms with Gasteiger partial charge in [-0.25, -0.2) is 4.98 Å². The number of imidazole rings is 1. The van der Waals surface area contributed by atoms with Crippen LogP contribution in [0.4, 0.5) is 0 Å². The highest BCUT2D eigenvalue weighted by Crippen LogP contribution is 2.28. The molecule has 0 amide bonds. The molecule has 0 aliphatic rings. The molecule has 4 aromatic rings. The van der Waals surface area contributed by atoms with Crippen LogP contribution < -0.4 is 4.74 Å². The minimum atomic E-state index is 0.513. The molecule has 4 rings (SSSR count). The third-order valence-corrected chi connectivity index (χ3v) is 4.65. The van der Waals surface area contributed by atoms with Crippen molar-refractivity contribution < 1.29 is 9.15 Å². The average Bonchev–Trinajstić information content (AvgIpc) is 3.33. The molecule has 0 unspecified atom stereocenters. The second kappa shape index (κ2) is 8.31. The fraction of sp³-hybridized carbons (Fsp3) is 0.182. The van der Waals surface area contributed by atoms with Gasteiger partial charge in [0.1, 0.15) is 23.0 Å². The largest absolute Gasteiger partial charge is 0.494 e. The number of aromatic nitrogens is 3. The topological polar surface area (TPSA) is 53.1 Å². The number of hydrogen-bond acceptors (Lipinski definition) is 4. The summed E-state index contributed by atoms with van der Waals surface area (Å²) >= 11 is 6.03. The van der Waals surface area contributed by atoms with Gasteiger partial charge in [0.15, 0.2) is 0 Å². The van der Waals surface area contributed by atoms with Crippen LogP contribution in [0.1, 0.15) is 18.0 Å². The van der Waals surface area contributed by atoms with Crippen LogP contribution in [0.2, 0.25) is 5.02 Å². The molecule has 5 nitrogen and oxygen atoms in total. The monoisotopic (exact) mass is 393 g/mol. The maximum absolute atomic E-state index is 6.10. The first-order chi connectivity index (χ1) is 13.7. The molecule has 0 fully saturated rings. The van der Waals surface area contributed by atoms with Gasteiger partial charge in [-0.2, -0.15) is 4.98 Å². The summed E-state index contributed by atoms with van der Waals surface area (Å²) in [6.07, 6.45) is 5.10. The lowest BCUT2D eigenvalue weighted by Crippen LogP contribution is -1.99. The molecule has 0 bridgehead atoms. The van der Waals surface area contributed by atoms with E-state index in [-0.39, 0.29) is 0 Å². The number of halogens is 1. The summed E-state index contributed by atoms with van der Waals surface area (Å²) in [4.78, 5) is 8.97. The van der Waals surface area contributed by atoms with E-state index in [0.717, 1.165) is 35.0 Å². The van der Waals surface area contributed by atoms with Gasteiger partial charge < -0.3 is 9.15 Å². The Morgan fingerprint density at radius 1 is 1.07 bits per heavy atom. The molecule has 0 saturated carbocycles. The van der Waals surface area contributed by atoms with Crippen molar-refractivity contribution in [1.29, 1.82) is 0 Å². The van der Waals surface area contributed by atoms with Crippen LogP contribution in [0.3, 0.4) is 0 Å². The Morgan fingerprint density at radius 2 is 1.86 bits per heavy atom. The number of oxazole rings is 1. The van der Waals surface area contributed by atoms with Crippen LogP contribution in [0.25, 0.3) is 17.3 Å². The first-order valence-electron chi connectivity index (χ1n) is 9.14. The van der Waals surface area contributed by atoms with Crippen LogP contribution >= 0.6 is 11.6 Å². The molecule has 2 aromatic heterocycles. The van der Waals surface area contributed by atoms with Crippen molar-refractivity contribution >= 4 is 11.6 Å². The van der Waals surface area contributed by atoms with E-state index in [9.17, 15) is 0 Å². The van der Waals surface area contributed by atoms with Crippen molar-refractivity contribution in [2.45, 2.75) is 19.8 Å². The third-order valence-electron chi connectivity index (χ3n) is 4.40. The highest BCUT2D eigenvalue weighted by molar-refractivity contribution is 6.30. The van der Waals surface area contributed by atoms with Gasteiger partial charge in [-0.05, 0) is 37.6 Å². The first-order valence-corrected chi connectivity index (χ1v) is 9.52. The van der Waals surface area contributed by atoms with Crippen molar-refractivity contribution in [3.05, 3.63) is 83.6 Å². The van der Waals surface area contributed by atoms with Crippen LogP contribution in [0.15, 0.2) is 71.4 Å². The number of ether oxygens (including phenoxy) is 1. The zero-order valence-corrected chi connectivity index (χ0v) is 16.3. The van der Waals surface area contributed by atoms with Gasteiger partial charge in [0.25, 0.3) is 0 Å². The molecule has 0 saturated heterocycles. The van der Waals surface area contributed by atoms with E-state index >= 15 is 0 Å². The van der Waals surface area contributed by atoms with Crippen molar-refractivity contribution in [2.75, 3.05) is 6.61 Å². The molecule has 2 heterocycles. The summed E-state index contributed by atoms with van der Waals surface area (Å²) < 4.78 is 13.7. The molecule has 6 heteroatoms. The lowest BCUT2D eigenvalue weighted by molar-refractivity contribution is 0.306. The molecule has 142 valence electrons. The zero-order chi connectivity index (χ0) is 19.3. The Kier molecular flexibility index (Phi) is 5.44. The summed E-state index contributed by atoms with van der Waals surface area (Å²) in [7, 11) is 0. The summed E-state index contributed by atoms with van der Waals surface area (Å²) in [5, 5.41) is 0.690. The Labute approximate surface area is 168 Å². The maximum Gasteiger partial charge on any atom is 0.307 e. The van der Waals surface area contributed by atoms with Gasteiger partial charge >= 0.3 is 6.01 Å². The summed E-state index contributed by atoms with van der Waals surface area (Å²) in [5.41, 5.74) is 1.79. The lowest BCUT2D eigenvalue weighted by atomic mass is 10.1. The van der Waals surface area contributed by atoms with Gasteiger partial charge in [0.05, 0.1) is 6.61 Å². The SMILES string of the molecule is Cc1nccn1-c1nc(-c2ccc(Cl)cc2)c(CCCOc2ccccc2)o1. The lowest BCUT2D eigenvalue weighted by Gasteiger charge is -2.05. The number of nitrogens with zero attached hydrogens (tertiary/aromatic N) is 3. The Hall–Kier alpha value is -3.05. The Bertz CT molecular complexity index is 1040. The van der Waals surface area contributed by atoms with Crippen LogP contribution in [-0.2, 0) is 6.42 Å². The second-order valence-corrected chi connectivity index (χ2v) is 6.82. The van der Waals surface area contributed by atoms with Crippen LogP contribution in [0.5, 0.6) is 5.75 Å². The Morgan fingerprint density at radius 3 is 2.57 bits per heavy atom. The molecule has 0 spiro atoms. The van der Waals surface area contributed by atoms with Gasteiger partial charge in [-0.1, -0.05) is 41.9 Å². The smallest absolute Gasteiger partial charge is 0.307 e. The number of aryl methyl sites for hydroxylation is 2. The second-order valence-electron chi connectivity index (χ2n) is 6.38. The van der Waals surface area contributed by atoms with Gasteiger partial charge in [0.2, 0.25) is 0 Å². The maximum atomic E-state index is 6.10. The number of rotatable bonds is 7. The quantitative estimate of drug-likeness (QED) is 0.389. The van der Waals surface area contributed by atoms with E-state index < -0.39 is 0 Å². The standard InChI is InChI=1S/C22H20ClN3O2/c1-16-24-13-14-26(16)22-25-21(17-9-11-18(23)12-10-17)20(28-22)8-5-15-27-19-6-3-2-4-7-19/h2-4,6-7,9-14H,5,8,15H2,1H3. The summed E-state index contributed by atoms with van der Waals surface area (Å²) in [5.74, 6) is 2.51. The highest BCUT2D eigenvalue weighted by Gasteiger charge is 2.17. The van der Waals surface area contributed by atoms with Gasteiger partial charge in [-0.3, -0.25) is 4.57 Å². The van der Waals surface area contributed by atoms with Gasteiger partial charge in [0, 0.05) is 29.4 Å². The number of para-hydroxylation sites is 1. The van der Waals surface area contributed by atoms with Crippen molar-refractivity contribution in [2.24, 2.45) is 0 Å². The molecular formula is C22H20ClN3O2. The Balaban J connectivity index is 1.54. The third kappa shape index (κ3) is 4.10. The highest BCUT2D eigenvalue weighted by atomic mass is 35.5. The first kappa shape index (κ1) is 18.3. The van der Waals surface area contributed by atoms with Crippen LogP contribution in [-0.4, -0.2) is 21.1 Å². The van der Waals surface area contributed by atoms with E-state index in [1.165, 1.54) is 0 Å². The average molecular weight is 394 g/mol. The van der Waals surface area contributed by atoms with E-state index in [0.29, 0.717) is 24.1 Å². The number of benzene rings is 2. The molecular weight excluding hydrogens is 374 g/mol. The van der Waals surface area contributed by atoms with E-state index in [1.807, 2.05) is 72.3 Å². The number of hydrogen-bond donors (Lipinski definition) is 0. The van der Waals surface area contributed by atoms with Crippen molar-refractivity contribution in [3.63, 3.8) is 0 Å². The van der Waals surface area contributed by atoms with Crippen molar-refractivity contribution in [1.82, 2.24) is 14.5 Å². The molecule has 28 heavy (non-hydrogen) atoms. The van der Waals surface area contributed by atoms with E-state index in [4.69, 9.17) is 25.7 Å². The minimum absolute atomic E-state index is 0.513. The van der Waals surface area contributed by atoms with Crippen molar-refractivity contribution in [3.8, 4) is 23.0 Å². The molecule has 2 aromatic carbocycles. The molecule has 0 aliphatic carbocycles. The minimum Gasteiger partial charge on any atom is -0.494 e. The van der Waals surface area contributed by atoms with Crippen LogP contribution in [0, 0.1) is 6.92 Å². The fourth-order valence-corrected chi connectivity index (χ4v) is 3.09. The summed E-state index contributed by atoms with van der Waals surface area (Å²) in [6, 6.07) is 17.9. The molecule has 0 aliphatic heterocycles. The zero-order valence-electron chi connectivity index (χ0n) is 15.5. The predicted molar refractivity (Wildman–Crippen MR) is 109 cm³/mol. The fourth-order valence-electron chi connectivity index (χ4n) is 2.96. The van der Waals surface area contributed by atoms with E-state index in [1.54, 1.807) is 6.20 Å².